The van der Waals surface area contributed by atoms with Crippen LogP contribution >= 0.6 is 11.3 Å². The Balaban J connectivity index is 1.72. The van der Waals surface area contributed by atoms with Gasteiger partial charge in [-0.2, -0.15) is 11.3 Å². The zero-order valence-electron chi connectivity index (χ0n) is 13.1. The first-order valence-electron chi connectivity index (χ1n) is 7.72. The molecule has 1 fully saturated rings. The van der Waals surface area contributed by atoms with Crippen molar-refractivity contribution in [2.45, 2.75) is 39.2 Å². The molecular formula is C17H23NO3S. The molecule has 0 radical (unpaired) electrons. The van der Waals surface area contributed by atoms with Crippen molar-refractivity contribution in [1.29, 1.82) is 0 Å². The predicted octanol–water partition coefficient (Wildman–Crippen LogP) is 3.25. The summed E-state index contributed by atoms with van der Waals surface area (Å²) in [4.78, 5) is 23.5. The molecule has 1 aromatic rings. The van der Waals surface area contributed by atoms with Crippen LogP contribution in [0, 0.1) is 11.8 Å². The molecule has 2 rings (SSSR count). The zero-order chi connectivity index (χ0) is 15.9. The molecule has 0 saturated heterocycles. The molecule has 4 nitrogen and oxygen atoms in total. The molecule has 5 heteroatoms. The fraction of sp³-hybridized carbons (Fsp3) is 0.529. The van der Waals surface area contributed by atoms with Gasteiger partial charge in [0.15, 0.2) is 6.61 Å². The van der Waals surface area contributed by atoms with Crippen LogP contribution in [0.25, 0.3) is 6.08 Å². The van der Waals surface area contributed by atoms with Crippen LogP contribution in [-0.4, -0.2) is 24.5 Å². The molecule has 3 atom stereocenters. The van der Waals surface area contributed by atoms with E-state index in [0.717, 1.165) is 18.4 Å². The van der Waals surface area contributed by atoms with Gasteiger partial charge in [-0.15, -0.1) is 0 Å². The predicted molar refractivity (Wildman–Crippen MR) is 88.4 cm³/mol. The number of hydrogen-bond acceptors (Lipinski definition) is 4. The number of amides is 1. The van der Waals surface area contributed by atoms with E-state index in [1.54, 1.807) is 17.4 Å². The highest BCUT2D eigenvalue weighted by atomic mass is 32.1. The smallest absolute Gasteiger partial charge is 0.331 e. The Morgan fingerprint density at radius 2 is 2.23 bits per heavy atom. The molecule has 1 heterocycles. The number of carbonyl (C=O) groups excluding carboxylic acids is 2. The van der Waals surface area contributed by atoms with Crippen LogP contribution in [0.4, 0.5) is 0 Å². The van der Waals surface area contributed by atoms with Crippen molar-refractivity contribution < 1.29 is 14.3 Å². The van der Waals surface area contributed by atoms with E-state index in [1.165, 1.54) is 12.5 Å². The first-order chi connectivity index (χ1) is 10.6. The van der Waals surface area contributed by atoms with Crippen LogP contribution in [0.15, 0.2) is 22.9 Å². The molecule has 1 saturated carbocycles. The molecule has 0 unspecified atom stereocenters. The van der Waals surface area contributed by atoms with Crippen LogP contribution < -0.4 is 5.32 Å². The van der Waals surface area contributed by atoms with Crippen molar-refractivity contribution in [2.24, 2.45) is 11.8 Å². The van der Waals surface area contributed by atoms with Gasteiger partial charge in [-0.3, -0.25) is 4.79 Å². The lowest BCUT2D eigenvalue weighted by molar-refractivity contribution is -0.144. The second kappa shape index (κ2) is 8.13. The second-order valence-corrected chi connectivity index (χ2v) is 6.72. The minimum absolute atomic E-state index is 0.191. The second-order valence-electron chi connectivity index (χ2n) is 5.94. The normalized spacial score (nSPS) is 25.1. The Morgan fingerprint density at radius 3 is 2.95 bits per heavy atom. The first kappa shape index (κ1) is 16.7. The molecule has 0 bridgehead atoms. The summed E-state index contributed by atoms with van der Waals surface area (Å²) >= 11 is 1.56. The van der Waals surface area contributed by atoms with Crippen molar-refractivity contribution >= 4 is 29.3 Å². The highest BCUT2D eigenvalue weighted by Crippen LogP contribution is 2.29. The van der Waals surface area contributed by atoms with Gasteiger partial charge in [0.2, 0.25) is 0 Å². The van der Waals surface area contributed by atoms with Gasteiger partial charge in [0.05, 0.1) is 0 Å². The minimum Gasteiger partial charge on any atom is -0.452 e. The van der Waals surface area contributed by atoms with Crippen LogP contribution in [0.3, 0.4) is 0 Å². The Bertz CT molecular complexity index is 524. The van der Waals surface area contributed by atoms with Crippen LogP contribution in [0.5, 0.6) is 0 Å². The Kier molecular flexibility index (Phi) is 6.19. The third kappa shape index (κ3) is 4.98. The summed E-state index contributed by atoms with van der Waals surface area (Å²) in [5.41, 5.74) is 0.955. The highest BCUT2D eigenvalue weighted by Gasteiger charge is 2.28. The number of ether oxygens (including phenoxy) is 1. The highest BCUT2D eigenvalue weighted by molar-refractivity contribution is 7.08. The quantitative estimate of drug-likeness (QED) is 0.669. The molecular weight excluding hydrogens is 298 g/mol. The van der Waals surface area contributed by atoms with E-state index in [-0.39, 0.29) is 18.6 Å². The molecule has 0 aromatic carbocycles. The number of carbonyl (C=O) groups is 2. The third-order valence-electron chi connectivity index (χ3n) is 4.35. The van der Waals surface area contributed by atoms with Gasteiger partial charge < -0.3 is 10.1 Å². The maximum absolute atomic E-state index is 11.9. The van der Waals surface area contributed by atoms with Gasteiger partial charge in [0, 0.05) is 12.1 Å². The van der Waals surface area contributed by atoms with Crippen molar-refractivity contribution in [1.82, 2.24) is 5.32 Å². The lowest BCUT2D eigenvalue weighted by Gasteiger charge is -2.34. The van der Waals surface area contributed by atoms with Crippen LogP contribution in [0.2, 0.25) is 0 Å². The van der Waals surface area contributed by atoms with E-state index >= 15 is 0 Å². The van der Waals surface area contributed by atoms with E-state index in [1.807, 2.05) is 16.8 Å². The summed E-state index contributed by atoms with van der Waals surface area (Å²) in [7, 11) is 0. The van der Waals surface area contributed by atoms with E-state index in [4.69, 9.17) is 4.74 Å². The lowest BCUT2D eigenvalue weighted by Crippen LogP contribution is -2.45. The lowest BCUT2D eigenvalue weighted by atomic mass is 9.78. The summed E-state index contributed by atoms with van der Waals surface area (Å²) in [5.74, 6) is 0.372. The number of hydrogen-bond donors (Lipinski definition) is 1. The van der Waals surface area contributed by atoms with Gasteiger partial charge >= 0.3 is 5.97 Å². The maximum Gasteiger partial charge on any atom is 0.331 e. The fourth-order valence-electron chi connectivity index (χ4n) is 2.75. The number of thiophene rings is 1. The number of esters is 1. The molecule has 0 aliphatic heterocycles. The largest absolute Gasteiger partial charge is 0.452 e. The van der Waals surface area contributed by atoms with Crippen molar-refractivity contribution in [3.8, 4) is 0 Å². The molecule has 120 valence electrons. The van der Waals surface area contributed by atoms with E-state index in [9.17, 15) is 9.59 Å². The number of rotatable bonds is 5. The Morgan fingerprint density at radius 1 is 1.41 bits per heavy atom. The summed E-state index contributed by atoms with van der Waals surface area (Å²) in [6.45, 7) is 4.17. The molecule has 0 spiro atoms. The summed E-state index contributed by atoms with van der Waals surface area (Å²) in [6.07, 6.45) is 6.39. The SMILES string of the molecule is C[C@@H]1[C@@H](C)CCC[C@H]1NC(=O)COC(=O)/C=C/c1ccsc1. The fourth-order valence-corrected chi connectivity index (χ4v) is 3.38. The van der Waals surface area contributed by atoms with E-state index in [0.29, 0.717) is 11.8 Å². The standard InChI is InChI=1S/C17H23NO3S/c1-12-4-3-5-15(13(12)2)18-16(19)10-21-17(20)7-6-14-8-9-22-11-14/h6-9,11-13,15H,3-5,10H2,1-2H3,(H,18,19)/b7-6+/t12-,13+,15+/m0/s1. The molecule has 1 aliphatic rings. The Hall–Kier alpha value is -1.62. The molecule has 1 aliphatic carbocycles. The summed E-state index contributed by atoms with van der Waals surface area (Å²) < 4.78 is 4.97. The minimum atomic E-state index is -0.494. The van der Waals surface area contributed by atoms with Gasteiger partial charge in [0.25, 0.3) is 5.91 Å². The first-order valence-corrected chi connectivity index (χ1v) is 8.67. The zero-order valence-corrected chi connectivity index (χ0v) is 13.9. The number of nitrogens with one attached hydrogen (secondary N) is 1. The molecule has 1 N–H and O–H groups in total. The average Bonchev–Trinajstić information content (AvgIpc) is 3.01. The van der Waals surface area contributed by atoms with Crippen LogP contribution in [0.1, 0.15) is 38.7 Å². The molecule has 22 heavy (non-hydrogen) atoms. The van der Waals surface area contributed by atoms with Gasteiger partial charge in [-0.25, -0.2) is 4.79 Å². The van der Waals surface area contributed by atoms with Gasteiger partial charge in [-0.05, 0) is 46.7 Å². The monoisotopic (exact) mass is 321 g/mol. The van der Waals surface area contributed by atoms with E-state index < -0.39 is 5.97 Å². The van der Waals surface area contributed by atoms with Crippen molar-refractivity contribution in [3.05, 3.63) is 28.5 Å². The average molecular weight is 321 g/mol. The molecule has 1 aromatic heterocycles. The van der Waals surface area contributed by atoms with E-state index in [2.05, 4.69) is 19.2 Å². The maximum atomic E-state index is 11.9. The third-order valence-corrected chi connectivity index (χ3v) is 5.06. The van der Waals surface area contributed by atoms with Gasteiger partial charge in [-0.1, -0.05) is 26.7 Å². The Labute approximate surface area is 135 Å². The summed E-state index contributed by atoms with van der Waals surface area (Å²) in [6, 6.07) is 2.10. The molecule has 1 amide bonds. The topological polar surface area (TPSA) is 55.4 Å². The van der Waals surface area contributed by atoms with Crippen molar-refractivity contribution in [2.75, 3.05) is 6.61 Å². The summed E-state index contributed by atoms with van der Waals surface area (Å²) in [5, 5.41) is 6.85. The van der Waals surface area contributed by atoms with Crippen LogP contribution in [-0.2, 0) is 14.3 Å². The van der Waals surface area contributed by atoms with Gasteiger partial charge in [0.1, 0.15) is 0 Å². The van der Waals surface area contributed by atoms with Crippen molar-refractivity contribution in [3.63, 3.8) is 0 Å².